The summed E-state index contributed by atoms with van der Waals surface area (Å²) in [6.45, 7) is 3.76. The van der Waals surface area contributed by atoms with Gasteiger partial charge in [0, 0.05) is 18.7 Å². The first-order chi connectivity index (χ1) is 17.2. The molecule has 0 bridgehead atoms. The molecule has 1 atom stereocenters. The Morgan fingerprint density at radius 2 is 1.94 bits per heavy atom. The Bertz CT molecular complexity index is 1380. The molecule has 2 aliphatic rings. The number of hydrazone groups is 1. The molecule has 4 heterocycles. The number of aryl methyl sites for hydroxylation is 1. The number of primary amides is 1. The number of benzene rings is 1. The Labute approximate surface area is 205 Å². The Hall–Kier alpha value is -4.35. The van der Waals surface area contributed by atoms with Crippen LogP contribution in [0.15, 0.2) is 41.6 Å². The number of rotatable bonds is 5. The molecule has 1 fully saturated rings. The van der Waals surface area contributed by atoms with Crippen molar-refractivity contribution in [3.05, 3.63) is 70.7 Å². The van der Waals surface area contributed by atoms with Crippen LogP contribution in [0, 0.1) is 25.5 Å². The zero-order chi connectivity index (χ0) is 25.6. The fourth-order valence-electron chi connectivity index (χ4n) is 4.42. The molecule has 12 heteroatoms. The smallest absolute Gasteiger partial charge is 0.341 e. The van der Waals surface area contributed by atoms with Crippen LogP contribution < -0.4 is 10.5 Å². The predicted octanol–water partition coefficient (Wildman–Crippen LogP) is 2.88. The van der Waals surface area contributed by atoms with Gasteiger partial charge in [0.1, 0.15) is 11.9 Å². The molecule has 3 amide bonds. The first kappa shape index (κ1) is 23.4. The average Bonchev–Trinajstić information content (AvgIpc) is 3.41. The molecule has 2 N–H and O–H groups in total. The number of amides is 3. The van der Waals surface area contributed by atoms with E-state index in [9.17, 15) is 18.4 Å². The summed E-state index contributed by atoms with van der Waals surface area (Å²) in [4.78, 5) is 30.3. The number of aromatic nitrogens is 3. The van der Waals surface area contributed by atoms with Crippen molar-refractivity contribution in [3.63, 3.8) is 0 Å². The van der Waals surface area contributed by atoms with Crippen LogP contribution in [0.4, 0.5) is 13.6 Å². The number of pyridine rings is 1. The minimum Gasteiger partial charge on any atom is -0.483 e. The second-order valence-corrected chi connectivity index (χ2v) is 8.67. The lowest BCUT2D eigenvalue weighted by Gasteiger charge is -2.41. The summed E-state index contributed by atoms with van der Waals surface area (Å²) in [6, 6.07) is 6.74. The number of hydrogen-bond acceptors (Lipinski definition) is 6. The van der Waals surface area contributed by atoms with Crippen molar-refractivity contribution in [1.82, 2.24) is 24.7 Å². The number of nitrogens with zero attached hydrogens (tertiary/aromatic N) is 6. The highest BCUT2D eigenvalue weighted by molar-refractivity contribution is 5.95. The normalized spacial score (nSPS) is 17.4. The van der Waals surface area contributed by atoms with E-state index in [1.807, 2.05) is 0 Å². The van der Waals surface area contributed by atoms with Crippen LogP contribution in [0.25, 0.3) is 5.82 Å². The van der Waals surface area contributed by atoms with E-state index in [0.29, 0.717) is 23.4 Å². The Morgan fingerprint density at radius 1 is 1.17 bits per heavy atom. The maximum Gasteiger partial charge on any atom is 0.341 e. The number of carbonyl (C=O) groups excluding carboxylic acids is 2. The summed E-state index contributed by atoms with van der Waals surface area (Å²) in [5.41, 5.74) is 7.27. The van der Waals surface area contributed by atoms with E-state index in [-0.39, 0.29) is 48.1 Å². The molecule has 1 aromatic carbocycles. The molecule has 1 unspecified atom stereocenters. The lowest BCUT2D eigenvalue weighted by molar-refractivity contribution is 0.0256. The highest BCUT2D eigenvalue weighted by Gasteiger charge is 2.39. The first-order valence-corrected chi connectivity index (χ1v) is 11.3. The predicted molar refractivity (Wildman–Crippen MR) is 125 cm³/mol. The van der Waals surface area contributed by atoms with Crippen molar-refractivity contribution in [1.29, 1.82) is 0 Å². The van der Waals surface area contributed by atoms with Crippen LogP contribution in [0.5, 0.6) is 5.75 Å². The van der Waals surface area contributed by atoms with E-state index >= 15 is 0 Å². The summed E-state index contributed by atoms with van der Waals surface area (Å²) >= 11 is 0. The van der Waals surface area contributed by atoms with Crippen molar-refractivity contribution in [2.75, 3.05) is 13.1 Å². The maximum absolute atomic E-state index is 14.5. The molecule has 0 aliphatic carbocycles. The van der Waals surface area contributed by atoms with E-state index in [1.165, 1.54) is 32.8 Å². The van der Waals surface area contributed by atoms with E-state index in [4.69, 9.17) is 10.5 Å². The molecule has 0 spiro atoms. The minimum atomic E-state index is -0.671. The van der Waals surface area contributed by atoms with Gasteiger partial charge in [-0.15, -0.1) is 0 Å². The Morgan fingerprint density at radius 3 is 2.64 bits per heavy atom. The molecular weight excluding hydrogens is 472 g/mol. The van der Waals surface area contributed by atoms with Crippen LogP contribution in [-0.2, 0) is 0 Å². The van der Waals surface area contributed by atoms with E-state index in [0.717, 1.165) is 6.20 Å². The molecule has 3 aromatic rings. The van der Waals surface area contributed by atoms with Crippen molar-refractivity contribution >= 4 is 18.2 Å². The molecule has 10 nitrogen and oxygen atoms in total. The lowest BCUT2D eigenvalue weighted by atomic mass is 10.0. The van der Waals surface area contributed by atoms with Crippen molar-refractivity contribution in [3.8, 4) is 11.6 Å². The van der Waals surface area contributed by atoms with Crippen molar-refractivity contribution in [2.24, 2.45) is 10.8 Å². The Kier molecular flexibility index (Phi) is 5.86. The summed E-state index contributed by atoms with van der Waals surface area (Å²) in [6.07, 6.45) is 2.67. The molecule has 2 aliphatic heterocycles. The third-order valence-corrected chi connectivity index (χ3v) is 6.23. The van der Waals surface area contributed by atoms with Gasteiger partial charge in [-0.2, -0.15) is 10.2 Å². The van der Waals surface area contributed by atoms with Gasteiger partial charge in [-0.25, -0.2) is 28.3 Å². The SMILES string of the molecule is Cc1nn(-c2cc(OC3CN(C(=O)N4N=CCC4c4cccc(F)c4)C3)c(F)cn2)c(C)c1C(N)=O. The zero-order valence-corrected chi connectivity index (χ0v) is 19.6. The van der Waals surface area contributed by atoms with Crippen LogP contribution in [0.3, 0.4) is 0 Å². The summed E-state index contributed by atoms with van der Waals surface area (Å²) in [5.74, 6) is -1.46. The van der Waals surface area contributed by atoms with Crippen LogP contribution >= 0.6 is 0 Å². The molecular formula is C24H23F2N7O3. The number of ether oxygens (including phenoxy) is 1. The fourth-order valence-corrected chi connectivity index (χ4v) is 4.42. The Balaban J connectivity index is 1.26. The van der Waals surface area contributed by atoms with Gasteiger partial charge < -0.3 is 15.4 Å². The third-order valence-electron chi connectivity index (χ3n) is 6.23. The number of urea groups is 1. The maximum atomic E-state index is 14.5. The van der Waals surface area contributed by atoms with Crippen LogP contribution in [0.2, 0.25) is 0 Å². The zero-order valence-electron chi connectivity index (χ0n) is 19.6. The molecule has 36 heavy (non-hydrogen) atoms. The number of carbonyl (C=O) groups is 2. The van der Waals surface area contributed by atoms with Gasteiger partial charge in [0.2, 0.25) is 0 Å². The van der Waals surface area contributed by atoms with Crippen LogP contribution in [0.1, 0.15) is 39.8 Å². The van der Waals surface area contributed by atoms with Gasteiger partial charge in [0.15, 0.2) is 17.4 Å². The van der Waals surface area contributed by atoms with Gasteiger partial charge in [0.05, 0.1) is 42.3 Å². The lowest BCUT2D eigenvalue weighted by Crippen LogP contribution is -2.58. The summed E-state index contributed by atoms with van der Waals surface area (Å²) in [5, 5.41) is 9.78. The van der Waals surface area contributed by atoms with E-state index in [1.54, 1.807) is 32.2 Å². The molecule has 1 saturated heterocycles. The second kappa shape index (κ2) is 9.02. The first-order valence-electron chi connectivity index (χ1n) is 11.3. The number of nitrogens with two attached hydrogens (primary N) is 1. The van der Waals surface area contributed by atoms with Crippen molar-refractivity contribution < 1.29 is 23.1 Å². The highest BCUT2D eigenvalue weighted by Crippen LogP contribution is 2.31. The van der Waals surface area contributed by atoms with Gasteiger partial charge in [0.25, 0.3) is 5.91 Å². The third kappa shape index (κ3) is 4.14. The van der Waals surface area contributed by atoms with Gasteiger partial charge in [-0.3, -0.25) is 4.79 Å². The fraction of sp³-hybridized carbons (Fsp3) is 0.292. The number of halogens is 2. The van der Waals surface area contributed by atoms with Crippen LogP contribution in [-0.4, -0.2) is 62.0 Å². The number of likely N-dealkylation sites (tertiary alicyclic amines) is 1. The molecule has 0 radical (unpaired) electrons. The van der Waals surface area contributed by atoms with Gasteiger partial charge >= 0.3 is 6.03 Å². The summed E-state index contributed by atoms with van der Waals surface area (Å²) < 4.78 is 35.3. The number of hydrogen-bond donors (Lipinski definition) is 1. The minimum absolute atomic E-state index is 0.0536. The second-order valence-electron chi connectivity index (χ2n) is 8.67. The largest absolute Gasteiger partial charge is 0.483 e. The molecule has 2 aromatic heterocycles. The monoisotopic (exact) mass is 495 g/mol. The highest BCUT2D eigenvalue weighted by atomic mass is 19.1. The van der Waals surface area contributed by atoms with Gasteiger partial charge in [-0.05, 0) is 31.5 Å². The summed E-state index contributed by atoms with van der Waals surface area (Å²) in [7, 11) is 0. The topological polar surface area (TPSA) is 119 Å². The molecule has 5 rings (SSSR count). The van der Waals surface area contributed by atoms with Gasteiger partial charge in [-0.1, -0.05) is 12.1 Å². The molecule has 0 saturated carbocycles. The quantitative estimate of drug-likeness (QED) is 0.584. The van der Waals surface area contributed by atoms with Crippen molar-refractivity contribution in [2.45, 2.75) is 32.4 Å². The average molecular weight is 495 g/mol. The molecule has 186 valence electrons. The van der Waals surface area contributed by atoms with E-state index in [2.05, 4.69) is 15.2 Å². The van der Waals surface area contributed by atoms with E-state index < -0.39 is 17.8 Å². The standard InChI is InChI=1S/C24H23F2N7O3/c1-13-22(23(27)34)14(2)32(30-13)21-9-20(18(26)10-28-21)36-17-11-31(12-17)24(35)33-19(6-7-29-33)15-4-3-5-16(25)8-15/h3-5,7-10,17,19H,6,11-12H2,1-2H3,(H2,27,34).